The molecule has 2 aromatic heterocycles. The number of anilines is 1. The summed E-state index contributed by atoms with van der Waals surface area (Å²) in [5.74, 6) is 1.51. The van der Waals surface area contributed by atoms with Crippen LogP contribution in [0.5, 0.6) is 5.88 Å². The van der Waals surface area contributed by atoms with Gasteiger partial charge in [0.05, 0.1) is 13.7 Å². The van der Waals surface area contributed by atoms with E-state index in [1.165, 1.54) is 13.3 Å². The van der Waals surface area contributed by atoms with Gasteiger partial charge < -0.3 is 15.0 Å². The summed E-state index contributed by atoms with van der Waals surface area (Å²) in [5.41, 5.74) is 0.477. The number of pyridine rings is 1. The molecule has 0 unspecified atom stereocenters. The van der Waals surface area contributed by atoms with Crippen molar-refractivity contribution >= 4 is 11.7 Å². The van der Waals surface area contributed by atoms with Crippen LogP contribution in [0, 0.1) is 0 Å². The Bertz CT molecular complexity index is 630. The molecule has 0 spiro atoms. The van der Waals surface area contributed by atoms with Gasteiger partial charge in [0.25, 0.3) is 5.91 Å². The average molecular weight is 287 g/mol. The Morgan fingerprint density at radius 2 is 2.05 bits per heavy atom. The number of nitrogens with one attached hydrogen (secondary N) is 1. The molecule has 0 saturated heterocycles. The number of hydrogen-bond donors (Lipinski definition) is 1. The summed E-state index contributed by atoms with van der Waals surface area (Å²) < 4.78 is 4.99. The Balaban J connectivity index is 2.02. The second-order valence-electron chi connectivity index (χ2n) is 4.50. The summed E-state index contributed by atoms with van der Waals surface area (Å²) in [7, 11) is 5.30. The first-order valence-corrected chi connectivity index (χ1v) is 6.37. The fraction of sp³-hybridized carbons (Fsp3) is 0.286. The number of nitrogens with zero attached hydrogens (tertiary/aromatic N) is 4. The molecule has 0 atom stereocenters. The van der Waals surface area contributed by atoms with E-state index in [-0.39, 0.29) is 12.5 Å². The molecule has 0 aliphatic rings. The van der Waals surface area contributed by atoms with Crippen LogP contribution in [-0.4, -0.2) is 42.1 Å². The highest BCUT2D eigenvalue weighted by Gasteiger charge is 2.08. The standard InChI is InChI=1S/C14H17N5O2/c1-19(2)12-5-7-15-11(18-12)9-17-14(20)10-4-6-16-13(8-10)21-3/h4-8H,9H2,1-3H3,(H,17,20). The molecule has 1 amide bonds. The van der Waals surface area contributed by atoms with Crippen molar-refractivity contribution < 1.29 is 9.53 Å². The highest BCUT2D eigenvalue weighted by atomic mass is 16.5. The van der Waals surface area contributed by atoms with Gasteiger partial charge >= 0.3 is 0 Å². The van der Waals surface area contributed by atoms with Crippen molar-refractivity contribution in [3.63, 3.8) is 0 Å². The van der Waals surface area contributed by atoms with E-state index in [0.29, 0.717) is 17.3 Å². The predicted molar refractivity (Wildman–Crippen MR) is 78.3 cm³/mol. The van der Waals surface area contributed by atoms with Gasteiger partial charge in [-0.25, -0.2) is 15.0 Å². The highest BCUT2D eigenvalue weighted by molar-refractivity contribution is 5.94. The lowest BCUT2D eigenvalue weighted by Crippen LogP contribution is -2.24. The van der Waals surface area contributed by atoms with Crippen molar-refractivity contribution in [2.24, 2.45) is 0 Å². The highest BCUT2D eigenvalue weighted by Crippen LogP contribution is 2.09. The average Bonchev–Trinajstić information content (AvgIpc) is 2.53. The molecule has 0 fully saturated rings. The number of hydrogen-bond acceptors (Lipinski definition) is 6. The topological polar surface area (TPSA) is 80.2 Å². The Hall–Kier alpha value is -2.70. The minimum absolute atomic E-state index is 0.227. The van der Waals surface area contributed by atoms with E-state index < -0.39 is 0 Å². The van der Waals surface area contributed by atoms with E-state index >= 15 is 0 Å². The molecule has 0 radical (unpaired) electrons. The van der Waals surface area contributed by atoms with Crippen LogP contribution >= 0.6 is 0 Å². The van der Waals surface area contributed by atoms with Gasteiger partial charge in [-0.2, -0.15) is 0 Å². The fourth-order valence-corrected chi connectivity index (χ4v) is 1.65. The van der Waals surface area contributed by atoms with Gasteiger partial charge in [-0.3, -0.25) is 4.79 Å². The largest absolute Gasteiger partial charge is 0.481 e. The van der Waals surface area contributed by atoms with Crippen LogP contribution in [0.2, 0.25) is 0 Å². The molecule has 2 heterocycles. The number of aromatic nitrogens is 3. The first-order valence-electron chi connectivity index (χ1n) is 6.37. The zero-order valence-corrected chi connectivity index (χ0v) is 12.2. The van der Waals surface area contributed by atoms with Crippen LogP contribution in [0.15, 0.2) is 30.6 Å². The van der Waals surface area contributed by atoms with E-state index in [2.05, 4.69) is 20.3 Å². The molecule has 110 valence electrons. The van der Waals surface area contributed by atoms with Crippen LogP contribution in [0.1, 0.15) is 16.2 Å². The van der Waals surface area contributed by atoms with Gasteiger partial charge in [-0.15, -0.1) is 0 Å². The maximum atomic E-state index is 12.0. The third-order valence-corrected chi connectivity index (χ3v) is 2.76. The summed E-state index contributed by atoms with van der Waals surface area (Å²) in [6, 6.07) is 5.00. The van der Waals surface area contributed by atoms with E-state index in [1.807, 2.05) is 19.0 Å². The summed E-state index contributed by atoms with van der Waals surface area (Å²) in [4.78, 5) is 26.3. The number of amides is 1. The SMILES string of the molecule is COc1cc(C(=O)NCc2nccc(N(C)C)n2)ccn1. The third-order valence-electron chi connectivity index (χ3n) is 2.76. The molecule has 0 aliphatic carbocycles. The first-order chi connectivity index (χ1) is 10.1. The molecule has 21 heavy (non-hydrogen) atoms. The van der Waals surface area contributed by atoms with Gasteiger partial charge in [0.2, 0.25) is 5.88 Å². The van der Waals surface area contributed by atoms with E-state index in [9.17, 15) is 4.79 Å². The molecule has 7 nitrogen and oxygen atoms in total. The summed E-state index contributed by atoms with van der Waals surface area (Å²) in [6.45, 7) is 0.255. The number of carbonyl (C=O) groups is 1. The zero-order valence-electron chi connectivity index (χ0n) is 12.2. The normalized spacial score (nSPS) is 10.0. The Labute approximate surface area is 123 Å². The Kier molecular flexibility index (Phi) is 4.65. The minimum Gasteiger partial charge on any atom is -0.481 e. The first kappa shape index (κ1) is 14.7. The number of ether oxygens (including phenoxy) is 1. The quantitative estimate of drug-likeness (QED) is 0.879. The van der Waals surface area contributed by atoms with Gasteiger partial charge in [0.1, 0.15) is 11.6 Å². The second kappa shape index (κ2) is 6.65. The smallest absolute Gasteiger partial charge is 0.251 e. The van der Waals surface area contributed by atoms with Gasteiger partial charge in [0, 0.05) is 38.1 Å². The number of rotatable bonds is 5. The Morgan fingerprint density at radius 1 is 1.29 bits per heavy atom. The van der Waals surface area contributed by atoms with Gasteiger partial charge in [0.15, 0.2) is 0 Å². The summed E-state index contributed by atoms with van der Waals surface area (Å²) in [5, 5.41) is 2.77. The van der Waals surface area contributed by atoms with Crippen molar-refractivity contribution in [2.45, 2.75) is 6.54 Å². The van der Waals surface area contributed by atoms with Crippen LogP contribution in [0.25, 0.3) is 0 Å². The zero-order chi connectivity index (χ0) is 15.2. The molecule has 0 saturated carbocycles. The monoisotopic (exact) mass is 287 g/mol. The Morgan fingerprint density at radius 3 is 2.76 bits per heavy atom. The molecule has 1 N–H and O–H groups in total. The number of carbonyl (C=O) groups excluding carboxylic acids is 1. The van der Waals surface area contributed by atoms with Gasteiger partial charge in [-0.1, -0.05) is 0 Å². The van der Waals surface area contributed by atoms with Crippen molar-refractivity contribution in [1.82, 2.24) is 20.3 Å². The van der Waals surface area contributed by atoms with Crippen LogP contribution < -0.4 is 15.0 Å². The van der Waals surface area contributed by atoms with Crippen molar-refractivity contribution in [3.8, 4) is 5.88 Å². The number of methoxy groups -OCH3 is 1. The lowest BCUT2D eigenvalue weighted by atomic mass is 10.2. The van der Waals surface area contributed by atoms with Crippen molar-refractivity contribution in [1.29, 1.82) is 0 Å². The second-order valence-corrected chi connectivity index (χ2v) is 4.50. The minimum atomic E-state index is -0.227. The van der Waals surface area contributed by atoms with Crippen LogP contribution in [-0.2, 0) is 6.54 Å². The summed E-state index contributed by atoms with van der Waals surface area (Å²) in [6.07, 6.45) is 3.19. The van der Waals surface area contributed by atoms with Crippen LogP contribution in [0.4, 0.5) is 5.82 Å². The fourth-order valence-electron chi connectivity index (χ4n) is 1.65. The molecular weight excluding hydrogens is 270 g/mol. The lowest BCUT2D eigenvalue weighted by molar-refractivity contribution is 0.0949. The maximum Gasteiger partial charge on any atom is 0.251 e. The molecule has 0 aromatic carbocycles. The predicted octanol–water partition coefficient (Wildman–Crippen LogP) is 0.876. The van der Waals surface area contributed by atoms with Gasteiger partial charge in [-0.05, 0) is 12.1 Å². The molecular formula is C14H17N5O2. The molecule has 2 aromatic rings. The maximum absolute atomic E-state index is 12.0. The van der Waals surface area contributed by atoms with Crippen LogP contribution in [0.3, 0.4) is 0 Å². The molecule has 0 bridgehead atoms. The summed E-state index contributed by atoms with van der Waals surface area (Å²) >= 11 is 0. The van der Waals surface area contributed by atoms with E-state index in [0.717, 1.165) is 5.82 Å². The van der Waals surface area contributed by atoms with Crippen molar-refractivity contribution in [3.05, 3.63) is 42.0 Å². The van der Waals surface area contributed by atoms with E-state index in [4.69, 9.17) is 4.74 Å². The molecule has 0 aliphatic heterocycles. The third kappa shape index (κ3) is 3.88. The lowest BCUT2D eigenvalue weighted by Gasteiger charge is -2.12. The van der Waals surface area contributed by atoms with E-state index in [1.54, 1.807) is 24.4 Å². The molecule has 2 rings (SSSR count). The molecule has 7 heteroatoms. The van der Waals surface area contributed by atoms with Crippen molar-refractivity contribution in [2.75, 3.05) is 26.1 Å².